The lowest BCUT2D eigenvalue weighted by Crippen LogP contribution is -2.22. The molecule has 0 fully saturated rings. The monoisotopic (exact) mass is 241 g/mol. The van der Waals surface area contributed by atoms with Crippen LogP contribution in [0.1, 0.15) is 22.3 Å². The van der Waals surface area contributed by atoms with Gasteiger partial charge in [-0.3, -0.25) is 4.79 Å². The minimum atomic E-state index is -4.84. The maximum absolute atomic E-state index is 12.1. The SMILES string of the molecule is NCCC#Cc1ccc(C(=O)C(F)(F)F)cc1. The van der Waals surface area contributed by atoms with E-state index in [2.05, 4.69) is 11.8 Å². The number of ketones is 1. The summed E-state index contributed by atoms with van der Waals surface area (Å²) in [5.41, 5.74) is 5.40. The second-order valence-electron chi connectivity index (χ2n) is 3.24. The molecule has 0 bridgehead atoms. The predicted molar refractivity (Wildman–Crippen MR) is 57.4 cm³/mol. The van der Waals surface area contributed by atoms with Gasteiger partial charge in [0, 0.05) is 24.1 Å². The van der Waals surface area contributed by atoms with Crippen molar-refractivity contribution in [2.24, 2.45) is 5.73 Å². The van der Waals surface area contributed by atoms with Gasteiger partial charge in [0.25, 0.3) is 5.78 Å². The number of carbonyl (C=O) groups is 1. The summed E-state index contributed by atoms with van der Waals surface area (Å²) in [6.07, 6.45) is -4.32. The van der Waals surface area contributed by atoms with Crippen LogP contribution in [0.2, 0.25) is 0 Å². The quantitative estimate of drug-likeness (QED) is 0.636. The summed E-state index contributed by atoms with van der Waals surface area (Å²) in [6.45, 7) is 0.428. The van der Waals surface area contributed by atoms with Crippen LogP contribution in [-0.2, 0) is 0 Å². The molecule has 0 heterocycles. The topological polar surface area (TPSA) is 43.1 Å². The third-order valence-electron chi connectivity index (χ3n) is 1.91. The van der Waals surface area contributed by atoms with E-state index in [0.29, 0.717) is 18.5 Å². The maximum atomic E-state index is 12.1. The molecule has 0 aliphatic carbocycles. The zero-order valence-electron chi connectivity index (χ0n) is 8.84. The van der Waals surface area contributed by atoms with E-state index in [0.717, 1.165) is 12.1 Å². The number of Topliss-reactive ketones (excluding diaryl/α,β-unsaturated/α-hetero) is 1. The molecular weight excluding hydrogens is 231 g/mol. The van der Waals surface area contributed by atoms with E-state index >= 15 is 0 Å². The van der Waals surface area contributed by atoms with Crippen LogP contribution in [-0.4, -0.2) is 18.5 Å². The maximum Gasteiger partial charge on any atom is 0.454 e. The largest absolute Gasteiger partial charge is 0.454 e. The molecule has 0 aliphatic rings. The van der Waals surface area contributed by atoms with Crippen LogP contribution in [0.5, 0.6) is 0 Å². The van der Waals surface area contributed by atoms with E-state index < -0.39 is 12.0 Å². The lowest BCUT2D eigenvalue weighted by molar-refractivity contribution is -0.0885. The van der Waals surface area contributed by atoms with Gasteiger partial charge in [-0.2, -0.15) is 13.2 Å². The van der Waals surface area contributed by atoms with Gasteiger partial charge in [0.1, 0.15) is 0 Å². The minimum Gasteiger partial charge on any atom is -0.330 e. The Bertz CT molecular complexity index is 451. The standard InChI is InChI=1S/C12H10F3NO/c13-12(14,15)11(17)10-6-4-9(5-7-10)3-1-2-8-16/h4-7H,2,8,16H2. The molecule has 2 N–H and O–H groups in total. The lowest BCUT2D eigenvalue weighted by Gasteiger charge is -2.04. The van der Waals surface area contributed by atoms with E-state index in [1.54, 1.807) is 0 Å². The highest BCUT2D eigenvalue weighted by Crippen LogP contribution is 2.21. The minimum absolute atomic E-state index is 0.387. The first-order valence-corrected chi connectivity index (χ1v) is 4.85. The van der Waals surface area contributed by atoms with Crippen molar-refractivity contribution in [1.29, 1.82) is 0 Å². The molecule has 0 atom stereocenters. The van der Waals surface area contributed by atoms with Crippen molar-refractivity contribution in [2.75, 3.05) is 6.54 Å². The molecule has 0 aliphatic heterocycles. The highest BCUT2D eigenvalue weighted by molar-refractivity contribution is 6.00. The van der Waals surface area contributed by atoms with Gasteiger partial charge in [0.05, 0.1) is 0 Å². The van der Waals surface area contributed by atoms with Gasteiger partial charge in [0.15, 0.2) is 0 Å². The molecule has 2 nitrogen and oxygen atoms in total. The summed E-state index contributed by atoms with van der Waals surface area (Å²) in [5, 5.41) is 0. The fraction of sp³-hybridized carbons (Fsp3) is 0.250. The number of carbonyl (C=O) groups excluding carboxylic acids is 1. The second kappa shape index (κ2) is 5.51. The molecule has 0 radical (unpaired) electrons. The first-order chi connectivity index (χ1) is 7.95. The van der Waals surface area contributed by atoms with E-state index in [-0.39, 0.29) is 5.56 Å². The molecule has 1 rings (SSSR count). The summed E-state index contributed by atoms with van der Waals surface area (Å²) in [4.78, 5) is 10.9. The van der Waals surface area contributed by atoms with Crippen molar-refractivity contribution in [3.8, 4) is 11.8 Å². The molecule has 0 aromatic heterocycles. The average Bonchev–Trinajstić information content (AvgIpc) is 2.28. The van der Waals surface area contributed by atoms with Crippen LogP contribution in [0.4, 0.5) is 13.2 Å². The first kappa shape index (κ1) is 13.3. The van der Waals surface area contributed by atoms with Crippen molar-refractivity contribution >= 4 is 5.78 Å². The lowest BCUT2D eigenvalue weighted by atomic mass is 10.1. The summed E-state index contributed by atoms with van der Waals surface area (Å²) in [6, 6.07) is 4.98. The number of halogens is 3. The van der Waals surface area contributed by atoms with E-state index in [9.17, 15) is 18.0 Å². The third kappa shape index (κ3) is 3.93. The Morgan fingerprint density at radius 2 is 1.82 bits per heavy atom. The van der Waals surface area contributed by atoms with Gasteiger partial charge < -0.3 is 5.73 Å². The zero-order chi connectivity index (χ0) is 12.9. The van der Waals surface area contributed by atoms with E-state index in [1.807, 2.05) is 0 Å². The van der Waals surface area contributed by atoms with Crippen LogP contribution in [0.3, 0.4) is 0 Å². The molecule has 17 heavy (non-hydrogen) atoms. The Labute approximate surface area is 96.6 Å². The van der Waals surface area contributed by atoms with Crippen LogP contribution in [0.15, 0.2) is 24.3 Å². The van der Waals surface area contributed by atoms with Gasteiger partial charge in [-0.05, 0) is 24.3 Å². The molecule has 0 saturated heterocycles. The Morgan fingerprint density at radius 3 is 2.29 bits per heavy atom. The fourth-order valence-electron chi connectivity index (χ4n) is 1.11. The summed E-state index contributed by atoms with van der Waals surface area (Å²) < 4.78 is 36.3. The molecule has 0 spiro atoms. The Kier molecular flexibility index (Phi) is 4.30. The summed E-state index contributed by atoms with van der Waals surface area (Å²) in [7, 11) is 0. The van der Waals surface area contributed by atoms with Crippen molar-refractivity contribution in [3.05, 3.63) is 35.4 Å². The summed E-state index contributed by atoms with van der Waals surface area (Å²) in [5.74, 6) is 3.63. The normalized spacial score (nSPS) is 10.6. The van der Waals surface area contributed by atoms with Crippen molar-refractivity contribution < 1.29 is 18.0 Å². The molecule has 0 unspecified atom stereocenters. The highest BCUT2D eigenvalue weighted by atomic mass is 19.4. The van der Waals surface area contributed by atoms with Gasteiger partial charge in [-0.15, -0.1) is 0 Å². The Hall–Kier alpha value is -1.80. The number of rotatable bonds is 2. The molecule has 90 valence electrons. The van der Waals surface area contributed by atoms with Crippen molar-refractivity contribution in [2.45, 2.75) is 12.6 Å². The highest BCUT2D eigenvalue weighted by Gasteiger charge is 2.38. The Morgan fingerprint density at radius 1 is 1.24 bits per heavy atom. The number of alkyl halides is 3. The molecule has 5 heteroatoms. The predicted octanol–water partition coefficient (Wildman–Crippen LogP) is 2.13. The van der Waals surface area contributed by atoms with E-state index in [1.165, 1.54) is 12.1 Å². The zero-order valence-corrected chi connectivity index (χ0v) is 8.84. The van der Waals surface area contributed by atoms with Crippen LogP contribution in [0, 0.1) is 11.8 Å². The molecule has 0 saturated carbocycles. The summed E-state index contributed by atoms with van der Waals surface area (Å²) >= 11 is 0. The number of hydrogen-bond acceptors (Lipinski definition) is 2. The van der Waals surface area contributed by atoms with E-state index in [4.69, 9.17) is 5.73 Å². The van der Waals surface area contributed by atoms with Gasteiger partial charge in [-0.1, -0.05) is 11.8 Å². The molecule has 0 amide bonds. The van der Waals surface area contributed by atoms with Crippen LogP contribution < -0.4 is 5.73 Å². The molecule has 1 aromatic rings. The van der Waals surface area contributed by atoms with Gasteiger partial charge in [-0.25, -0.2) is 0 Å². The smallest absolute Gasteiger partial charge is 0.330 e. The number of nitrogens with two attached hydrogens (primary N) is 1. The first-order valence-electron chi connectivity index (χ1n) is 4.85. The van der Waals surface area contributed by atoms with Gasteiger partial charge >= 0.3 is 6.18 Å². The number of hydrogen-bond donors (Lipinski definition) is 1. The second-order valence-corrected chi connectivity index (χ2v) is 3.24. The van der Waals surface area contributed by atoms with Crippen LogP contribution >= 0.6 is 0 Å². The Balaban J connectivity index is 2.83. The number of benzene rings is 1. The van der Waals surface area contributed by atoms with Crippen molar-refractivity contribution in [1.82, 2.24) is 0 Å². The molecule has 1 aromatic carbocycles. The average molecular weight is 241 g/mol. The molecular formula is C12H10F3NO. The fourth-order valence-corrected chi connectivity index (χ4v) is 1.11. The van der Waals surface area contributed by atoms with Gasteiger partial charge in [0.2, 0.25) is 0 Å². The van der Waals surface area contributed by atoms with Crippen molar-refractivity contribution in [3.63, 3.8) is 0 Å². The third-order valence-corrected chi connectivity index (χ3v) is 1.91. The van der Waals surface area contributed by atoms with Crippen LogP contribution in [0.25, 0.3) is 0 Å².